The van der Waals surface area contributed by atoms with Gasteiger partial charge in [-0.1, -0.05) is 0 Å². The quantitative estimate of drug-likeness (QED) is 0.413. The molecule has 0 radical (unpaired) electrons. The standard InChI is InChI=1S/Ag.H2N.HO3S/c;;1-4(2)3/h;1H2;(H,1,2,3)/q+1;-1;. The van der Waals surface area contributed by atoms with Crippen LogP contribution in [0.5, 0.6) is 0 Å². The third-order valence-corrected chi connectivity index (χ3v) is 1.59. The fourth-order valence-electron chi connectivity index (χ4n) is 0. The molecule has 0 saturated heterocycles. The van der Waals surface area contributed by atoms with Gasteiger partial charge in [-0.05, 0) is 0 Å². The van der Waals surface area contributed by atoms with E-state index < -0.39 is 26.3 Å². The molecule has 0 aliphatic heterocycles. The summed E-state index contributed by atoms with van der Waals surface area (Å²) in [4.78, 5) is 0. The van der Waals surface area contributed by atoms with E-state index >= 15 is 0 Å². The van der Waals surface area contributed by atoms with Crippen molar-refractivity contribution in [2.45, 2.75) is 0 Å². The van der Waals surface area contributed by atoms with E-state index in [0.717, 1.165) is 0 Å². The first-order valence-electron chi connectivity index (χ1n) is 0.813. The third-order valence-electron chi connectivity index (χ3n) is 0.0898. The summed E-state index contributed by atoms with van der Waals surface area (Å²) < 4.78 is 31.1. The van der Waals surface area contributed by atoms with E-state index in [-0.39, 0.29) is 0 Å². The van der Waals surface area contributed by atoms with Crippen LogP contribution < -0.4 is 4.14 Å². The molecule has 0 spiro atoms. The van der Waals surface area contributed by atoms with E-state index in [1.54, 1.807) is 0 Å². The van der Waals surface area contributed by atoms with Gasteiger partial charge in [0.05, 0.1) is 0 Å². The van der Waals surface area contributed by atoms with Crippen LogP contribution in [0.3, 0.4) is 0 Å². The summed E-state index contributed by atoms with van der Waals surface area (Å²) >= 11 is -0.921. The fourth-order valence-corrected chi connectivity index (χ4v) is 0. The third kappa shape index (κ3) is 4.61. The molecule has 0 aromatic heterocycles. The molecule has 6 heavy (non-hydrogen) atoms. The Morgan fingerprint density at radius 3 is 1.83 bits per heavy atom. The Labute approximate surface area is 43.7 Å². The SMILES string of the molecule is [NH2][Ag][S](=O)(=O)O. The molecule has 0 bridgehead atoms. The minimum absolute atomic E-state index is 0.921. The van der Waals surface area contributed by atoms with Crippen LogP contribution in [0.4, 0.5) is 0 Å². The Hall–Kier alpha value is 0.610. The van der Waals surface area contributed by atoms with Crippen molar-refractivity contribution in [2.24, 2.45) is 4.14 Å². The zero-order chi connectivity index (χ0) is 5.21. The molecule has 4 nitrogen and oxygen atoms in total. The van der Waals surface area contributed by atoms with Crippen molar-refractivity contribution < 1.29 is 31.7 Å². The molecular weight excluding hydrogens is 202 g/mol. The number of hydrogen-bond donors (Lipinski definition) is 2. The number of rotatable bonds is 1. The first-order chi connectivity index (χ1) is 2.56. The topological polar surface area (TPSA) is 80.4 Å². The molecule has 0 atom stereocenters. The van der Waals surface area contributed by atoms with E-state index in [0.29, 0.717) is 0 Å². The van der Waals surface area contributed by atoms with Gasteiger partial charge in [0.2, 0.25) is 0 Å². The van der Waals surface area contributed by atoms with Crippen LogP contribution in [0.25, 0.3) is 0 Å². The van der Waals surface area contributed by atoms with Crippen molar-refractivity contribution in [1.82, 2.24) is 0 Å². The molecule has 43 valence electrons. The van der Waals surface area contributed by atoms with Crippen molar-refractivity contribution in [1.29, 1.82) is 0 Å². The van der Waals surface area contributed by atoms with Crippen LogP contribution in [0.15, 0.2) is 0 Å². The molecule has 0 amide bonds. The van der Waals surface area contributed by atoms with Gasteiger partial charge < -0.3 is 0 Å². The van der Waals surface area contributed by atoms with Gasteiger partial charge in [0.15, 0.2) is 0 Å². The molecular formula is H3AgNO3S. The molecule has 3 N–H and O–H groups in total. The summed E-state index contributed by atoms with van der Waals surface area (Å²) in [6.07, 6.45) is 0. The monoisotopic (exact) mass is 204 g/mol. The summed E-state index contributed by atoms with van der Waals surface area (Å²) in [7, 11) is -3.85. The van der Waals surface area contributed by atoms with Gasteiger partial charge in [-0.15, -0.1) is 0 Å². The summed E-state index contributed by atoms with van der Waals surface area (Å²) in [5.41, 5.74) is 0. The molecule has 0 fully saturated rings. The Bertz CT molecular complexity index is 113. The second-order valence-corrected chi connectivity index (χ2v) is 4.67. The van der Waals surface area contributed by atoms with Gasteiger partial charge >= 0.3 is 43.4 Å². The van der Waals surface area contributed by atoms with E-state index in [4.69, 9.17) is 4.55 Å². The molecule has 0 aliphatic carbocycles. The normalized spacial score (nSPS) is 12.3. The summed E-state index contributed by atoms with van der Waals surface area (Å²) in [6, 6.07) is 0. The molecule has 0 heterocycles. The zero-order valence-electron chi connectivity index (χ0n) is 2.55. The van der Waals surface area contributed by atoms with Gasteiger partial charge in [0.1, 0.15) is 0 Å². The van der Waals surface area contributed by atoms with Crippen LogP contribution >= 0.6 is 0 Å². The Morgan fingerprint density at radius 2 is 1.83 bits per heavy atom. The maximum atomic E-state index is 9.44. The van der Waals surface area contributed by atoms with Gasteiger partial charge in [-0.25, -0.2) is 0 Å². The van der Waals surface area contributed by atoms with E-state index in [1.807, 2.05) is 0 Å². The van der Waals surface area contributed by atoms with E-state index in [2.05, 4.69) is 4.14 Å². The summed E-state index contributed by atoms with van der Waals surface area (Å²) in [5.74, 6) is 0. The molecule has 0 unspecified atom stereocenters. The van der Waals surface area contributed by atoms with Crippen LogP contribution in [-0.2, 0) is 26.3 Å². The van der Waals surface area contributed by atoms with Crippen molar-refractivity contribution in [2.75, 3.05) is 0 Å². The van der Waals surface area contributed by atoms with E-state index in [9.17, 15) is 8.42 Å². The summed E-state index contributed by atoms with van der Waals surface area (Å²) in [6.45, 7) is 0. The Kier molecular flexibility index (Phi) is 2.27. The van der Waals surface area contributed by atoms with Gasteiger partial charge in [0, 0.05) is 0 Å². The van der Waals surface area contributed by atoms with Crippen LogP contribution in [0.1, 0.15) is 0 Å². The number of hydrogen-bond acceptors (Lipinski definition) is 3. The predicted octanol–water partition coefficient (Wildman–Crippen LogP) is -1.25. The van der Waals surface area contributed by atoms with Crippen LogP contribution in [0, 0.1) is 0 Å². The van der Waals surface area contributed by atoms with Gasteiger partial charge in [-0.2, -0.15) is 0 Å². The second kappa shape index (κ2) is 2.06. The Morgan fingerprint density at radius 1 is 1.67 bits per heavy atom. The first-order valence-corrected chi connectivity index (χ1v) is 4.76. The number of nitrogens with two attached hydrogens (primary N) is 1. The fraction of sp³-hybridized carbons (Fsp3) is 0. The maximum absolute atomic E-state index is 9.44. The van der Waals surface area contributed by atoms with Gasteiger partial charge in [-0.3, -0.25) is 0 Å². The Balaban J connectivity index is 3.85. The van der Waals surface area contributed by atoms with Crippen LogP contribution in [-0.4, -0.2) is 13.0 Å². The molecule has 0 aromatic rings. The molecule has 6 heteroatoms. The van der Waals surface area contributed by atoms with Crippen molar-refractivity contribution in [3.8, 4) is 0 Å². The molecule has 0 aromatic carbocycles. The van der Waals surface area contributed by atoms with Crippen molar-refractivity contribution in [3.05, 3.63) is 0 Å². The molecule has 0 saturated carbocycles. The van der Waals surface area contributed by atoms with Gasteiger partial charge in [0.25, 0.3) is 0 Å². The zero-order valence-corrected chi connectivity index (χ0v) is 4.85. The predicted molar refractivity (Wildman–Crippen MR) is 15.7 cm³/mol. The first kappa shape index (κ1) is 6.61. The van der Waals surface area contributed by atoms with Crippen LogP contribution in [0.2, 0.25) is 0 Å². The van der Waals surface area contributed by atoms with E-state index in [1.165, 1.54) is 0 Å². The van der Waals surface area contributed by atoms with Crippen molar-refractivity contribution in [3.63, 3.8) is 0 Å². The minimum atomic E-state index is -3.85. The second-order valence-electron chi connectivity index (χ2n) is 0.444. The average Bonchev–Trinajstić information content (AvgIpc) is 1.35. The summed E-state index contributed by atoms with van der Waals surface area (Å²) in [5, 5.41) is 0. The van der Waals surface area contributed by atoms with Crippen molar-refractivity contribution >= 4 is 7.58 Å². The average molecular weight is 205 g/mol. The molecule has 0 aliphatic rings. The molecule has 0 rings (SSSR count).